The molecule has 2 atom stereocenters. The van der Waals surface area contributed by atoms with E-state index in [9.17, 15) is 0 Å². The minimum atomic E-state index is 0.332. The Balaban J connectivity index is 1.88. The van der Waals surface area contributed by atoms with Crippen LogP contribution in [0.4, 0.5) is 0 Å². The van der Waals surface area contributed by atoms with Crippen molar-refractivity contribution in [3.63, 3.8) is 0 Å². The summed E-state index contributed by atoms with van der Waals surface area (Å²) in [5.41, 5.74) is 1.21. The molecular formula is C17H28ClN3. The molecule has 0 amide bonds. The third-order valence-electron chi connectivity index (χ3n) is 4.62. The third-order valence-corrected chi connectivity index (χ3v) is 4.96. The van der Waals surface area contributed by atoms with Crippen molar-refractivity contribution in [1.29, 1.82) is 0 Å². The number of piperazine rings is 1. The number of hydrogen-bond acceptors (Lipinski definition) is 3. The summed E-state index contributed by atoms with van der Waals surface area (Å²) in [4.78, 5) is 5.14. The molecule has 1 fully saturated rings. The van der Waals surface area contributed by atoms with E-state index in [0.29, 0.717) is 12.1 Å². The van der Waals surface area contributed by atoms with Gasteiger partial charge in [-0.1, -0.05) is 36.7 Å². The van der Waals surface area contributed by atoms with E-state index >= 15 is 0 Å². The van der Waals surface area contributed by atoms with Crippen LogP contribution in [0.25, 0.3) is 0 Å². The van der Waals surface area contributed by atoms with Gasteiger partial charge in [0, 0.05) is 43.3 Å². The van der Waals surface area contributed by atoms with Crippen molar-refractivity contribution in [2.75, 3.05) is 39.8 Å². The van der Waals surface area contributed by atoms with Crippen LogP contribution in [0.15, 0.2) is 24.3 Å². The predicted octanol–water partition coefficient (Wildman–Crippen LogP) is 3.02. The zero-order chi connectivity index (χ0) is 15.2. The number of halogens is 1. The van der Waals surface area contributed by atoms with Crippen LogP contribution in [0, 0.1) is 0 Å². The van der Waals surface area contributed by atoms with E-state index in [0.717, 1.165) is 24.5 Å². The lowest BCUT2D eigenvalue weighted by atomic mass is 10.0. The molecule has 0 saturated carbocycles. The molecule has 0 bridgehead atoms. The molecule has 1 aliphatic heterocycles. The Bertz CT molecular complexity index is 438. The molecule has 2 unspecified atom stereocenters. The van der Waals surface area contributed by atoms with Gasteiger partial charge < -0.3 is 10.2 Å². The van der Waals surface area contributed by atoms with Gasteiger partial charge in [0.05, 0.1) is 0 Å². The van der Waals surface area contributed by atoms with Gasteiger partial charge in [0.1, 0.15) is 0 Å². The van der Waals surface area contributed by atoms with Crippen molar-refractivity contribution in [3.8, 4) is 0 Å². The molecule has 1 aromatic carbocycles. The maximum absolute atomic E-state index is 6.32. The summed E-state index contributed by atoms with van der Waals surface area (Å²) in [6.45, 7) is 10.4. The number of hydrogen-bond donors (Lipinski definition) is 1. The average Bonchev–Trinajstić information content (AvgIpc) is 2.49. The Kier molecular flexibility index (Phi) is 6.49. The van der Waals surface area contributed by atoms with Crippen LogP contribution in [-0.2, 0) is 0 Å². The van der Waals surface area contributed by atoms with Crippen molar-refractivity contribution < 1.29 is 0 Å². The van der Waals surface area contributed by atoms with Crippen molar-refractivity contribution in [2.45, 2.75) is 32.4 Å². The molecule has 1 heterocycles. The fourth-order valence-electron chi connectivity index (χ4n) is 3.27. The number of nitrogens with zero attached hydrogens (tertiary/aromatic N) is 2. The maximum atomic E-state index is 6.32. The third kappa shape index (κ3) is 4.43. The highest BCUT2D eigenvalue weighted by Gasteiger charge is 2.23. The van der Waals surface area contributed by atoms with Crippen LogP contribution >= 0.6 is 11.6 Å². The van der Waals surface area contributed by atoms with E-state index in [4.69, 9.17) is 11.6 Å². The summed E-state index contributed by atoms with van der Waals surface area (Å²) in [5.74, 6) is 0. The van der Waals surface area contributed by atoms with Crippen LogP contribution in [0.5, 0.6) is 0 Å². The van der Waals surface area contributed by atoms with E-state index in [1.54, 1.807) is 0 Å². The fraction of sp³-hybridized carbons (Fsp3) is 0.647. The lowest BCUT2D eigenvalue weighted by Gasteiger charge is -2.39. The molecule has 1 aliphatic rings. The van der Waals surface area contributed by atoms with Gasteiger partial charge in [-0.3, -0.25) is 4.90 Å². The molecule has 0 spiro atoms. The smallest absolute Gasteiger partial charge is 0.0453 e. The van der Waals surface area contributed by atoms with Gasteiger partial charge in [0.2, 0.25) is 0 Å². The monoisotopic (exact) mass is 309 g/mol. The van der Waals surface area contributed by atoms with E-state index < -0.39 is 0 Å². The fourth-order valence-corrected chi connectivity index (χ4v) is 3.54. The number of benzene rings is 1. The molecule has 0 radical (unpaired) electrons. The Hall–Kier alpha value is -0.610. The summed E-state index contributed by atoms with van der Waals surface area (Å²) in [6, 6.07) is 9.15. The SMILES string of the molecule is CCN1CCN(CCC(NC)c2ccccc2Cl)CC1C. The van der Waals surface area contributed by atoms with Crippen molar-refractivity contribution >= 4 is 11.6 Å². The lowest BCUT2D eigenvalue weighted by molar-refractivity contribution is 0.0854. The Morgan fingerprint density at radius 2 is 2.10 bits per heavy atom. The highest BCUT2D eigenvalue weighted by Crippen LogP contribution is 2.25. The van der Waals surface area contributed by atoms with Gasteiger partial charge >= 0.3 is 0 Å². The zero-order valence-electron chi connectivity index (χ0n) is 13.5. The first-order valence-corrected chi connectivity index (χ1v) is 8.41. The maximum Gasteiger partial charge on any atom is 0.0453 e. The Morgan fingerprint density at radius 3 is 2.71 bits per heavy atom. The van der Waals surface area contributed by atoms with Gasteiger partial charge in [0.15, 0.2) is 0 Å². The summed E-state index contributed by atoms with van der Waals surface area (Å²) in [5, 5.41) is 4.27. The standard InChI is InChI=1S/C17H28ClN3/c1-4-21-12-11-20(13-14(21)2)10-9-17(19-3)15-7-5-6-8-16(15)18/h5-8,14,17,19H,4,9-13H2,1-3H3. The molecule has 118 valence electrons. The van der Waals surface area contributed by atoms with Gasteiger partial charge in [0.25, 0.3) is 0 Å². The summed E-state index contributed by atoms with van der Waals surface area (Å²) in [7, 11) is 2.02. The van der Waals surface area contributed by atoms with Crippen molar-refractivity contribution in [3.05, 3.63) is 34.9 Å². The number of likely N-dealkylation sites (N-methyl/N-ethyl adjacent to an activating group) is 1. The van der Waals surface area contributed by atoms with Gasteiger partial charge in [-0.25, -0.2) is 0 Å². The molecular weight excluding hydrogens is 282 g/mol. The minimum Gasteiger partial charge on any atom is -0.313 e. The van der Waals surface area contributed by atoms with Crippen LogP contribution in [0.1, 0.15) is 31.9 Å². The number of rotatable bonds is 6. The Morgan fingerprint density at radius 1 is 1.33 bits per heavy atom. The topological polar surface area (TPSA) is 18.5 Å². The first kappa shape index (κ1) is 16.8. The second-order valence-electron chi connectivity index (χ2n) is 5.93. The van der Waals surface area contributed by atoms with Gasteiger partial charge in [-0.2, -0.15) is 0 Å². The second kappa shape index (κ2) is 8.14. The normalized spacial score (nSPS) is 22.4. The predicted molar refractivity (Wildman–Crippen MR) is 91.0 cm³/mol. The van der Waals surface area contributed by atoms with E-state index in [2.05, 4.69) is 41.1 Å². The largest absolute Gasteiger partial charge is 0.313 e. The summed E-state index contributed by atoms with van der Waals surface area (Å²) >= 11 is 6.32. The first-order valence-electron chi connectivity index (χ1n) is 8.03. The molecule has 1 aromatic rings. The van der Waals surface area contributed by atoms with E-state index in [-0.39, 0.29) is 0 Å². The first-order chi connectivity index (χ1) is 10.2. The summed E-state index contributed by atoms with van der Waals surface area (Å²) in [6.07, 6.45) is 1.10. The van der Waals surface area contributed by atoms with Crippen molar-refractivity contribution in [1.82, 2.24) is 15.1 Å². The summed E-state index contributed by atoms with van der Waals surface area (Å²) < 4.78 is 0. The molecule has 2 rings (SSSR count). The lowest BCUT2D eigenvalue weighted by Crippen LogP contribution is -2.51. The Labute approximate surface area is 134 Å². The van der Waals surface area contributed by atoms with Gasteiger partial charge in [-0.05, 0) is 38.6 Å². The molecule has 1 N–H and O–H groups in total. The minimum absolute atomic E-state index is 0.332. The van der Waals surface area contributed by atoms with Crippen LogP contribution in [0.2, 0.25) is 5.02 Å². The molecule has 0 aromatic heterocycles. The van der Waals surface area contributed by atoms with Crippen molar-refractivity contribution in [2.24, 2.45) is 0 Å². The van der Waals surface area contributed by atoms with E-state index in [1.165, 1.54) is 25.2 Å². The molecule has 21 heavy (non-hydrogen) atoms. The quantitative estimate of drug-likeness (QED) is 0.871. The molecule has 4 heteroatoms. The van der Waals surface area contributed by atoms with Gasteiger partial charge in [-0.15, -0.1) is 0 Å². The molecule has 1 saturated heterocycles. The van der Waals surface area contributed by atoms with Crippen LogP contribution < -0.4 is 5.32 Å². The zero-order valence-corrected chi connectivity index (χ0v) is 14.2. The molecule has 0 aliphatic carbocycles. The molecule has 3 nitrogen and oxygen atoms in total. The van der Waals surface area contributed by atoms with Crippen LogP contribution in [0.3, 0.4) is 0 Å². The highest BCUT2D eigenvalue weighted by molar-refractivity contribution is 6.31. The highest BCUT2D eigenvalue weighted by atomic mass is 35.5. The van der Waals surface area contributed by atoms with E-state index in [1.807, 2.05) is 19.2 Å². The number of nitrogens with one attached hydrogen (secondary N) is 1. The average molecular weight is 310 g/mol. The van der Waals surface area contributed by atoms with Crippen LogP contribution in [-0.4, -0.2) is 55.6 Å². The second-order valence-corrected chi connectivity index (χ2v) is 6.34.